The van der Waals surface area contributed by atoms with Crippen LogP contribution in [-0.2, 0) is 0 Å². The molecule has 5 nitrogen and oxygen atoms in total. The van der Waals surface area contributed by atoms with Gasteiger partial charge in [0.15, 0.2) is 6.10 Å². The van der Waals surface area contributed by atoms with Gasteiger partial charge in [-0.3, -0.25) is 10.1 Å². The molecule has 16 heavy (non-hydrogen) atoms. The van der Waals surface area contributed by atoms with E-state index in [9.17, 15) is 10.1 Å². The summed E-state index contributed by atoms with van der Waals surface area (Å²) in [5.41, 5.74) is -0.0721. The van der Waals surface area contributed by atoms with Crippen molar-refractivity contribution >= 4 is 21.6 Å². The number of nitro groups is 1. The van der Waals surface area contributed by atoms with Gasteiger partial charge in [-0.2, -0.15) is 5.26 Å². The highest BCUT2D eigenvalue weighted by Crippen LogP contribution is 2.26. The van der Waals surface area contributed by atoms with Crippen molar-refractivity contribution in [2.75, 3.05) is 0 Å². The first-order valence-electron chi connectivity index (χ1n) is 4.58. The van der Waals surface area contributed by atoms with Crippen molar-refractivity contribution in [1.82, 2.24) is 0 Å². The molecule has 1 atom stereocenters. The second-order valence-electron chi connectivity index (χ2n) is 3.05. The van der Waals surface area contributed by atoms with E-state index in [1.54, 1.807) is 13.0 Å². The van der Waals surface area contributed by atoms with Gasteiger partial charge in [0.25, 0.3) is 5.69 Å². The molecule has 1 unspecified atom stereocenters. The molecule has 0 spiro atoms. The van der Waals surface area contributed by atoms with Crippen LogP contribution in [0.4, 0.5) is 5.69 Å². The predicted octanol–water partition coefficient (Wildman–Crippen LogP) is 3.04. The summed E-state index contributed by atoms with van der Waals surface area (Å²) in [7, 11) is 0. The second kappa shape index (κ2) is 5.47. The Balaban J connectivity index is 2.97. The summed E-state index contributed by atoms with van der Waals surface area (Å²) in [5.74, 6) is 0.314. The van der Waals surface area contributed by atoms with Crippen molar-refractivity contribution in [1.29, 1.82) is 5.26 Å². The van der Waals surface area contributed by atoms with Crippen LogP contribution in [0.5, 0.6) is 5.75 Å². The van der Waals surface area contributed by atoms with E-state index >= 15 is 0 Å². The van der Waals surface area contributed by atoms with Crippen molar-refractivity contribution in [3.63, 3.8) is 0 Å². The first-order valence-corrected chi connectivity index (χ1v) is 5.37. The molecule has 6 heteroatoms. The largest absolute Gasteiger partial charge is 0.475 e. The van der Waals surface area contributed by atoms with Gasteiger partial charge in [0, 0.05) is 10.5 Å². The average Bonchev–Trinajstić information content (AvgIpc) is 2.25. The third kappa shape index (κ3) is 3.21. The third-order valence-electron chi connectivity index (χ3n) is 1.86. The molecule has 0 heterocycles. The molecule has 1 aromatic carbocycles. The van der Waals surface area contributed by atoms with Crippen molar-refractivity contribution in [3.8, 4) is 11.8 Å². The van der Waals surface area contributed by atoms with Crippen LogP contribution in [0.1, 0.15) is 13.3 Å². The molecule has 0 amide bonds. The normalized spacial score (nSPS) is 11.6. The molecule has 0 aliphatic carbocycles. The monoisotopic (exact) mass is 284 g/mol. The molecule has 0 fully saturated rings. The van der Waals surface area contributed by atoms with E-state index in [1.807, 2.05) is 6.07 Å². The molecule has 1 aromatic rings. The number of ether oxygens (including phenoxy) is 1. The molecule has 0 N–H and O–H groups in total. The lowest BCUT2D eigenvalue weighted by Gasteiger charge is -2.10. The molecule has 0 aliphatic rings. The fourth-order valence-corrected chi connectivity index (χ4v) is 1.55. The minimum Gasteiger partial charge on any atom is -0.475 e. The van der Waals surface area contributed by atoms with Crippen molar-refractivity contribution < 1.29 is 9.66 Å². The Hall–Kier alpha value is -1.61. The molecule has 0 bridgehead atoms. The highest BCUT2D eigenvalue weighted by molar-refractivity contribution is 9.10. The fourth-order valence-electron chi connectivity index (χ4n) is 1.09. The Morgan fingerprint density at radius 3 is 2.81 bits per heavy atom. The molecular weight excluding hydrogens is 276 g/mol. The van der Waals surface area contributed by atoms with E-state index in [0.29, 0.717) is 16.6 Å². The summed E-state index contributed by atoms with van der Waals surface area (Å²) in [6.07, 6.45) is -0.0644. The van der Waals surface area contributed by atoms with Crippen LogP contribution in [-0.4, -0.2) is 11.0 Å². The molecule has 0 radical (unpaired) electrons. The summed E-state index contributed by atoms with van der Waals surface area (Å²) in [4.78, 5) is 10.1. The summed E-state index contributed by atoms with van der Waals surface area (Å²) < 4.78 is 5.83. The number of hydrogen-bond acceptors (Lipinski definition) is 4. The van der Waals surface area contributed by atoms with E-state index in [-0.39, 0.29) is 5.69 Å². The van der Waals surface area contributed by atoms with Gasteiger partial charge >= 0.3 is 0 Å². The average molecular weight is 285 g/mol. The number of rotatable bonds is 4. The lowest BCUT2D eigenvalue weighted by Crippen LogP contribution is -2.12. The minimum atomic E-state index is -0.589. The Morgan fingerprint density at radius 1 is 1.62 bits per heavy atom. The highest BCUT2D eigenvalue weighted by atomic mass is 79.9. The summed E-state index contributed by atoms with van der Waals surface area (Å²) in [6, 6.07) is 6.22. The van der Waals surface area contributed by atoms with E-state index < -0.39 is 11.0 Å². The zero-order chi connectivity index (χ0) is 12.1. The zero-order valence-electron chi connectivity index (χ0n) is 8.51. The number of benzene rings is 1. The topological polar surface area (TPSA) is 76.2 Å². The van der Waals surface area contributed by atoms with Crippen LogP contribution in [0.25, 0.3) is 0 Å². The third-order valence-corrected chi connectivity index (χ3v) is 2.32. The Labute approximate surface area is 101 Å². The first kappa shape index (κ1) is 12.5. The van der Waals surface area contributed by atoms with Crippen LogP contribution in [0, 0.1) is 21.4 Å². The number of hydrogen-bond donors (Lipinski definition) is 0. The molecule has 0 aliphatic heterocycles. The van der Waals surface area contributed by atoms with Gasteiger partial charge in [0.2, 0.25) is 0 Å². The fraction of sp³-hybridized carbons (Fsp3) is 0.300. The van der Waals surface area contributed by atoms with E-state index in [0.717, 1.165) is 0 Å². The molecular formula is C10H9BrN2O3. The summed E-state index contributed by atoms with van der Waals surface area (Å²) >= 11 is 3.15. The smallest absolute Gasteiger partial charge is 0.274 e. The summed E-state index contributed by atoms with van der Waals surface area (Å²) in [5, 5.41) is 19.3. The predicted molar refractivity (Wildman–Crippen MR) is 61.1 cm³/mol. The van der Waals surface area contributed by atoms with Crippen LogP contribution in [0.3, 0.4) is 0 Å². The molecule has 0 aromatic heterocycles. The van der Waals surface area contributed by atoms with Gasteiger partial charge in [0.05, 0.1) is 11.0 Å². The molecule has 84 valence electrons. The van der Waals surface area contributed by atoms with E-state index in [1.165, 1.54) is 12.1 Å². The van der Waals surface area contributed by atoms with Crippen LogP contribution in [0.2, 0.25) is 0 Å². The van der Waals surface area contributed by atoms with Crippen LogP contribution in [0.15, 0.2) is 22.7 Å². The van der Waals surface area contributed by atoms with Gasteiger partial charge in [-0.25, -0.2) is 0 Å². The maximum absolute atomic E-state index is 10.6. The number of non-ortho nitro benzene ring substituents is 1. The first-order chi connectivity index (χ1) is 7.56. The van der Waals surface area contributed by atoms with E-state index in [4.69, 9.17) is 10.00 Å². The quantitative estimate of drug-likeness (QED) is 0.629. The second-order valence-corrected chi connectivity index (χ2v) is 3.96. The Morgan fingerprint density at radius 2 is 2.31 bits per heavy atom. The van der Waals surface area contributed by atoms with Crippen LogP contribution < -0.4 is 4.74 Å². The van der Waals surface area contributed by atoms with Gasteiger partial charge in [0.1, 0.15) is 11.8 Å². The molecule has 0 saturated carbocycles. The lowest BCUT2D eigenvalue weighted by molar-refractivity contribution is -0.385. The molecule has 0 saturated heterocycles. The number of nitrogens with zero attached hydrogens (tertiary/aromatic N) is 2. The number of halogens is 1. The minimum absolute atomic E-state index is 0.0721. The van der Waals surface area contributed by atoms with Gasteiger partial charge in [-0.15, -0.1) is 0 Å². The van der Waals surface area contributed by atoms with Gasteiger partial charge in [-0.1, -0.05) is 22.9 Å². The zero-order valence-corrected chi connectivity index (χ0v) is 10.1. The maximum Gasteiger partial charge on any atom is 0.274 e. The Bertz CT molecular complexity index is 442. The summed E-state index contributed by atoms with van der Waals surface area (Å²) in [6.45, 7) is 1.81. The SMILES string of the molecule is CCC(C#N)Oc1cc(Br)cc([N+](=O)[O-])c1. The highest BCUT2D eigenvalue weighted by Gasteiger charge is 2.12. The van der Waals surface area contributed by atoms with Crippen molar-refractivity contribution in [3.05, 3.63) is 32.8 Å². The van der Waals surface area contributed by atoms with E-state index in [2.05, 4.69) is 15.9 Å². The standard InChI is InChI=1S/C10H9BrN2O3/c1-2-9(6-12)16-10-4-7(11)3-8(5-10)13(14)15/h3-5,9H,2H2,1H3. The molecule has 1 rings (SSSR count). The van der Waals surface area contributed by atoms with Crippen LogP contribution >= 0.6 is 15.9 Å². The Kier molecular flexibility index (Phi) is 4.26. The maximum atomic E-state index is 10.6. The van der Waals surface area contributed by atoms with Gasteiger partial charge < -0.3 is 4.74 Å². The van der Waals surface area contributed by atoms with Crippen molar-refractivity contribution in [2.24, 2.45) is 0 Å². The van der Waals surface area contributed by atoms with Gasteiger partial charge in [-0.05, 0) is 12.5 Å². The number of nitro benzene ring substituents is 1. The number of nitriles is 1. The van der Waals surface area contributed by atoms with Crippen molar-refractivity contribution in [2.45, 2.75) is 19.4 Å². The lowest BCUT2D eigenvalue weighted by atomic mass is 10.3.